The highest BCUT2D eigenvalue weighted by Gasteiger charge is 2.46. The molecule has 1 aliphatic heterocycles. The van der Waals surface area contributed by atoms with Gasteiger partial charge in [0, 0.05) is 19.0 Å². The summed E-state index contributed by atoms with van der Waals surface area (Å²) in [4.78, 5) is 13.0. The lowest BCUT2D eigenvalue weighted by molar-refractivity contribution is -0.130. The molecule has 2 heterocycles. The van der Waals surface area contributed by atoms with Crippen molar-refractivity contribution in [1.82, 2.24) is 20.1 Å². The van der Waals surface area contributed by atoms with Gasteiger partial charge in [0.05, 0.1) is 5.41 Å². The Morgan fingerprint density at radius 3 is 2.74 bits per heavy atom. The van der Waals surface area contributed by atoms with E-state index in [0.29, 0.717) is 0 Å². The summed E-state index contributed by atoms with van der Waals surface area (Å²) in [5.41, 5.74) is 0.838. The summed E-state index contributed by atoms with van der Waals surface area (Å²) in [5.74, 6) is 2.16. The lowest BCUT2D eigenvalue weighted by Crippen LogP contribution is -2.53. The maximum Gasteiger partial charge on any atom is 0.230 e. The van der Waals surface area contributed by atoms with Gasteiger partial charge in [-0.2, -0.15) is 0 Å². The van der Waals surface area contributed by atoms with Gasteiger partial charge in [-0.3, -0.25) is 4.79 Å². The van der Waals surface area contributed by atoms with Gasteiger partial charge in [0.2, 0.25) is 5.91 Å². The Kier molecular flexibility index (Phi) is 3.43. The summed E-state index contributed by atoms with van der Waals surface area (Å²) in [6, 6.07) is 10.4. The molecule has 1 amide bonds. The number of carbonyl (C=O) groups is 1. The summed E-state index contributed by atoms with van der Waals surface area (Å²) in [6.07, 6.45) is 4.85. The molecule has 0 spiro atoms. The van der Waals surface area contributed by atoms with E-state index in [-0.39, 0.29) is 17.4 Å². The highest BCUT2D eigenvalue weighted by atomic mass is 16.2. The SMILES string of the molecule is Cc1nnc2n1CC(NC(=O)C1(c3ccccc3)CCC1)CC2. The molecule has 5 heteroatoms. The van der Waals surface area contributed by atoms with E-state index in [1.54, 1.807) is 0 Å². The first-order valence-electron chi connectivity index (χ1n) is 8.44. The predicted octanol–water partition coefficient (Wildman–Crippen LogP) is 2.14. The number of nitrogens with zero attached hydrogens (tertiary/aromatic N) is 3. The van der Waals surface area contributed by atoms with Crippen molar-refractivity contribution in [3.63, 3.8) is 0 Å². The summed E-state index contributed by atoms with van der Waals surface area (Å²) in [7, 11) is 0. The van der Waals surface area contributed by atoms with Crippen LogP contribution < -0.4 is 5.32 Å². The Balaban J connectivity index is 1.51. The average molecular weight is 310 g/mol. The van der Waals surface area contributed by atoms with Crippen molar-refractivity contribution in [1.29, 1.82) is 0 Å². The lowest BCUT2D eigenvalue weighted by atomic mass is 9.63. The number of nitrogens with one attached hydrogen (secondary N) is 1. The molecule has 120 valence electrons. The van der Waals surface area contributed by atoms with Gasteiger partial charge in [0.1, 0.15) is 11.6 Å². The highest BCUT2D eigenvalue weighted by Crippen LogP contribution is 2.44. The predicted molar refractivity (Wildman–Crippen MR) is 87.0 cm³/mol. The Bertz CT molecular complexity index is 718. The van der Waals surface area contributed by atoms with E-state index in [1.807, 2.05) is 25.1 Å². The minimum Gasteiger partial charge on any atom is -0.351 e. The molecule has 1 N–H and O–H groups in total. The first kappa shape index (κ1) is 14.4. The molecule has 1 aromatic carbocycles. The van der Waals surface area contributed by atoms with Gasteiger partial charge in [0.25, 0.3) is 0 Å². The van der Waals surface area contributed by atoms with Crippen molar-refractivity contribution in [3.8, 4) is 0 Å². The maximum absolute atomic E-state index is 13.0. The van der Waals surface area contributed by atoms with Crippen LogP contribution in [-0.2, 0) is 23.2 Å². The van der Waals surface area contributed by atoms with E-state index in [0.717, 1.165) is 55.9 Å². The minimum atomic E-state index is -0.316. The Morgan fingerprint density at radius 1 is 1.26 bits per heavy atom. The topological polar surface area (TPSA) is 59.8 Å². The highest BCUT2D eigenvalue weighted by molar-refractivity contribution is 5.89. The first-order chi connectivity index (χ1) is 11.2. The van der Waals surface area contributed by atoms with E-state index in [1.165, 1.54) is 0 Å². The van der Waals surface area contributed by atoms with Crippen molar-refractivity contribution in [2.24, 2.45) is 0 Å². The molecule has 5 nitrogen and oxygen atoms in total. The number of hydrogen-bond donors (Lipinski definition) is 1. The lowest BCUT2D eigenvalue weighted by Gasteiger charge is -2.42. The molecule has 0 bridgehead atoms. The number of benzene rings is 1. The van der Waals surface area contributed by atoms with Crippen LogP contribution in [0.4, 0.5) is 0 Å². The van der Waals surface area contributed by atoms with E-state index in [4.69, 9.17) is 0 Å². The summed E-state index contributed by atoms with van der Waals surface area (Å²) < 4.78 is 2.13. The van der Waals surface area contributed by atoms with Crippen LogP contribution in [0, 0.1) is 6.92 Å². The number of rotatable bonds is 3. The van der Waals surface area contributed by atoms with Crippen LogP contribution in [0.15, 0.2) is 30.3 Å². The number of fused-ring (bicyclic) bond motifs is 1. The van der Waals surface area contributed by atoms with Gasteiger partial charge in [0.15, 0.2) is 0 Å². The van der Waals surface area contributed by atoms with Crippen molar-refractivity contribution in [2.75, 3.05) is 0 Å². The van der Waals surface area contributed by atoms with Gasteiger partial charge in [-0.15, -0.1) is 10.2 Å². The second-order valence-corrected chi connectivity index (χ2v) is 6.78. The average Bonchev–Trinajstić information content (AvgIpc) is 2.88. The van der Waals surface area contributed by atoms with Gasteiger partial charge in [-0.05, 0) is 31.7 Å². The fourth-order valence-electron chi connectivity index (χ4n) is 3.84. The molecule has 1 aromatic heterocycles. The molecule has 1 saturated carbocycles. The zero-order chi connectivity index (χ0) is 15.9. The molecule has 1 fully saturated rings. The summed E-state index contributed by atoms with van der Waals surface area (Å²) in [6.45, 7) is 2.75. The van der Waals surface area contributed by atoms with Crippen molar-refractivity contribution < 1.29 is 4.79 Å². The second-order valence-electron chi connectivity index (χ2n) is 6.78. The molecule has 0 saturated heterocycles. The number of aryl methyl sites for hydroxylation is 2. The number of amides is 1. The number of aromatic nitrogens is 3. The number of carbonyl (C=O) groups excluding carboxylic acids is 1. The molecule has 2 aromatic rings. The van der Waals surface area contributed by atoms with E-state index in [2.05, 4.69) is 32.2 Å². The third-order valence-corrected chi connectivity index (χ3v) is 5.44. The Labute approximate surface area is 136 Å². The zero-order valence-corrected chi connectivity index (χ0v) is 13.5. The molecule has 2 aliphatic rings. The molecule has 0 radical (unpaired) electrons. The monoisotopic (exact) mass is 310 g/mol. The molecule has 1 unspecified atom stereocenters. The fraction of sp³-hybridized carbons (Fsp3) is 0.500. The smallest absolute Gasteiger partial charge is 0.230 e. The van der Waals surface area contributed by atoms with Gasteiger partial charge in [-0.1, -0.05) is 36.8 Å². The molecule has 4 rings (SSSR count). The molecule has 1 aliphatic carbocycles. The molecular weight excluding hydrogens is 288 g/mol. The molecule has 1 atom stereocenters. The second kappa shape index (κ2) is 5.48. The van der Waals surface area contributed by atoms with Gasteiger partial charge >= 0.3 is 0 Å². The third-order valence-electron chi connectivity index (χ3n) is 5.44. The Hall–Kier alpha value is -2.17. The van der Waals surface area contributed by atoms with Crippen LogP contribution in [0.25, 0.3) is 0 Å². The third kappa shape index (κ3) is 2.35. The van der Waals surface area contributed by atoms with E-state index >= 15 is 0 Å². The van der Waals surface area contributed by atoms with Gasteiger partial charge < -0.3 is 9.88 Å². The molecular formula is C18H22N4O. The van der Waals surface area contributed by atoms with Crippen LogP contribution in [0.5, 0.6) is 0 Å². The van der Waals surface area contributed by atoms with Crippen molar-refractivity contribution >= 4 is 5.91 Å². The van der Waals surface area contributed by atoms with Crippen LogP contribution >= 0.6 is 0 Å². The van der Waals surface area contributed by atoms with Crippen LogP contribution in [0.1, 0.15) is 42.9 Å². The quantitative estimate of drug-likeness (QED) is 0.945. The van der Waals surface area contributed by atoms with Crippen LogP contribution in [0.2, 0.25) is 0 Å². The van der Waals surface area contributed by atoms with Crippen molar-refractivity contribution in [2.45, 2.75) is 57.0 Å². The summed E-state index contributed by atoms with van der Waals surface area (Å²) >= 11 is 0. The largest absolute Gasteiger partial charge is 0.351 e. The summed E-state index contributed by atoms with van der Waals surface area (Å²) in [5, 5.41) is 11.6. The minimum absolute atomic E-state index is 0.172. The first-order valence-corrected chi connectivity index (χ1v) is 8.44. The Morgan fingerprint density at radius 2 is 2.04 bits per heavy atom. The van der Waals surface area contributed by atoms with Crippen LogP contribution in [-0.4, -0.2) is 26.7 Å². The molecule has 23 heavy (non-hydrogen) atoms. The van der Waals surface area contributed by atoms with E-state index < -0.39 is 0 Å². The number of hydrogen-bond acceptors (Lipinski definition) is 3. The maximum atomic E-state index is 13.0. The normalized spacial score (nSPS) is 22.0. The van der Waals surface area contributed by atoms with Crippen LogP contribution in [0.3, 0.4) is 0 Å². The standard InChI is InChI=1S/C18H22N4O/c1-13-20-21-16-9-8-15(12-22(13)16)19-17(23)18(10-5-11-18)14-6-3-2-4-7-14/h2-4,6-7,15H,5,8-12H2,1H3,(H,19,23). The van der Waals surface area contributed by atoms with Crippen molar-refractivity contribution in [3.05, 3.63) is 47.5 Å². The zero-order valence-electron chi connectivity index (χ0n) is 13.5. The van der Waals surface area contributed by atoms with Gasteiger partial charge in [-0.25, -0.2) is 0 Å². The van der Waals surface area contributed by atoms with E-state index in [9.17, 15) is 4.79 Å². The fourth-order valence-corrected chi connectivity index (χ4v) is 3.84.